The molecule has 2 amide bonds. The second-order valence-corrected chi connectivity index (χ2v) is 6.39. The molecule has 2 aromatic carbocycles. The first-order valence-corrected chi connectivity index (χ1v) is 8.30. The molecule has 0 spiro atoms. The lowest BCUT2D eigenvalue weighted by Gasteiger charge is -2.22. The van der Waals surface area contributed by atoms with Crippen LogP contribution in [0.2, 0.25) is 0 Å². The summed E-state index contributed by atoms with van der Waals surface area (Å²) in [7, 11) is 0. The van der Waals surface area contributed by atoms with Crippen molar-refractivity contribution < 1.29 is 19.5 Å². The van der Waals surface area contributed by atoms with Gasteiger partial charge in [-0.3, -0.25) is 9.59 Å². The number of nitrogens with one attached hydrogen (secondary N) is 2. The first-order chi connectivity index (χ1) is 12.3. The highest BCUT2D eigenvalue weighted by Crippen LogP contribution is 2.14. The Balaban J connectivity index is 2.15. The minimum atomic E-state index is -1.07. The summed E-state index contributed by atoms with van der Waals surface area (Å²) in [6, 6.07) is 12.4. The lowest BCUT2D eigenvalue weighted by atomic mass is 10.0. The Morgan fingerprint density at radius 1 is 1.00 bits per heavy atom. The Kier molecular flexibility index (Phi) is 6.11. The van der Waals surface area contributed by atoms with Crippen molar-refractivity contribution in [3.63, 3.8) is 0 Å². The van der Waals surface area contributed by atoms with E-state index in [0.29, 0.717) is 11.3 Å². The lowest BCUT2D eigenvalue weighted by Crippen LogP contribution is -2.47. The molecular weight excluding hydrogens is 332 g/mol. The van der Waals surface area contributed by atoms with E-state index < -0.39 is 17.9 Å². The average Bonchev–Trinajstić information content (AvgIpc) is 2.59. The largest absolute Gasteiger partial charge is 0.478 e. The number of benzene rings is 2. The van der Waals surface area contributed by atoms with Crippen LogP contribution in [-0.2, 0) is 4.79 Å². The minimum absolute atomic E-state index is 0.0767. The van der Waals surface area contributed by atoms with Gasteiger partial charge in [0.1, 0.15) is 6.04 Å². The maximum atomic E-state index is 12.6. The number of aromatic carboxylic acids is 1. The molecule has 0 fully saturated rings. The summed E-state index contributed by atoms with van der Waals surface area (Å²) in [5.41, 5.74) is 1.78. The molecule has 26 heavy (non-hydrogen) atoms. The van der Waals surface area contributed by atoms with E-state index >= 15 is 0 Å². The summed E-state index contributed by atoms with van der Waals surface area (Å²) in [4.78, 5) is 36.2. The highest BCUT2D eigenvalue weighted by molar-refractivity contribution is 6.02. The molecule has 0 radical (unpaired) electrons. The zero-order valence-corrected chi connectivity index (χ0v) is 14.9. The van der Waals surface area contributed by atoms with Gasteiger partial charge in [0, 0.05) is 11.3 Å². The van der Waals surface area contributed by atoms with Gasteiger partial charge in [-0.2, -0.15) is 0 Å². The maximum Gasteiger partial charge on any atom is 0.335 e. The summed E-state index contributed by atoms with van der Waals surface area (Å²) in [5.74, 6) is -1.94. The van der Waals surface area contributed by atoms with Gasteiger partial charge in [-0.25, -0.2) is 4.79 Å². The van der Waals surface area contributed by atoms with Crippen molar-refractivity contribution in [3.05, 3.63) is 65.2 Å². The number of aryl methyl sites for hydroxylation is 1. The molecule has 0 unspecified atom stereocenters. The van der Waals surface area contributed by atoms with Gasteiger partial charge < -0.3 is 15.7 Å². The zero-order valence-electron chi connectivity index (χ0n) is 14.9. The first-order valence-electron chi connectivity index (χ1n) is 8.30. The van der Waals surface area contributed by atoms with E-state index in [1.807, 2.05) is 32.9 Å². The van der Waals surface area contributed by atoms with Crippen molar-refractivity contribution >= 4 is 23.5 Å². The van der Waals surface area contributed by atoms with Crippen LogP contribution in [0.15, 0.2) is 48.5 Å². The predicted molar refractivity (Wildman–Crippen MR) is 99.3 cm³/mol. The van der Waals surface area contributed by atoms with Crippen LogP contribution in [-0.4, -0.2) is 28.9 Å². The number of hydrogen-bond acceptors (Lipinski definition) is 3. The summed E-state index contributed by atoms with van der Waals surface area (Å²) >= 11 is 0. The van der Waals surface area contributed by atoms with Crippen LogP contribution < -0.4 is 10.6 Å². The second kappa shape index (κ2) is 8.29. The molecular formula is C20H22N2O4. The van der Waals surface area contributed by atoms with Gasteiger partial charge in [-0.15, -0.1) is 0 Å². The van der Waals surface area contributed by atoms with Gasteiger partial charge in [-0.1, -0.05) is 38.1 Å². The van der Waals surface area contributed by atoms with Gasteiger partial charge >= 0.3 is 5.97 Å². The first kappa shape index (κ1) is 19.2. The number of carboxylic acid groups (broad SMARTS) is 1. The normalized spacial score (nSPS) is 11.7. The van der Waals surface area contributed by atoms with Crippen LogP contribution in [0, 0.1) is 12.8 Å². The zero-order chi connectivity index (χ0) is 19.3. The molecule has 2 aromatic rings. The number of carbonyl (C=O) groups is 3. The van der Waals surface area contributed by atoms with Crippen LogP contribution >= 0.6 is 0 Å². The predicted octanol–water partition coefficient (Wildman–Crippen LogP) is 3.09. The van der Waals surface area contributed by atoms with E-state index in [1.54, 1.807) is 24.3 Å². The Morgan fingerprint density at radius 3 is 2.31 bits per heavy atom. The molecule has 0 saturated carbocycles. The molecule has 6 heteroatoms. The Hall–Kier alpha value is -3.15. The molecule has 0 heterocycles. The van der Waals surface area contributed by atoms with Crippen molar-refractivity contribution in [2.24, 2.45) is 5.92 Å². The molecule has 0 bridgehead atoms. The third-order valence-corrected chi connectivity index (χ3v) is 4.00. The molecule has 0 saturated heterocycles. The van der Waals surface area contributed by atoms with E-state index in [2.05, 4.69) is 10.6 Å². The molecule has 6 nitrogen and oxygen atoms in total. The van der Waals surface area contributed by atoms with Crippen molar-refractivity contribution in [3.8, 4) is 0 Å². The second-order valence-electron chi connectivity index (χ2n) is 6.39. The molecule has 0 aliphatic heterocycles. The fourth-order valence-corrected chi connectivity index (χ4v) is 2.53. The van der Waals surface area contributed by atoms with Crippen molar-refractivity contribution in [2.45, 2.75) is 26.8 Å². The number of carboxylic acids is 1. The van der Waals surface area contributed by atoms with Crippen molar-refractivity contribution in [1.82, 2.24) is 5.32 Å². The average molecular weight is 354 g/mol. The third-order valence-electron chi connectivity index (χ3n) is 4.00. The maximum absolute atomic E-state index is 12.6. The van der Waals surface area contributed by atoms with Gasteiger partial charge in [0.15, 0.2) is 0 Å². The molecule has 1 atom stereocenters. The molecule has 2 rings (SSSR count). The van der Waals surface area contributed by atoms with Crippen LogP contribution in [0.3, 0.4) is 0 Å². The summed E-state index contributed by atoms with van der Waals surface area (Å²) in [6.07, 6.45) is 0. The van der Waals surface area contributed by atoms with Gasteiger partial charge in [0.25, 0.3) is 5.91 Å². The third kappa shape index (κ3) is 4.69. The topological polar surface area (TPSA) is 95.5 Å². The number of rotatable bonds is 6. The number of carbonyl (C=O) groups excluding carboxylic acids is 2. The molecule has 0 aromatic heterocycles. The van der Waals surface area contributed by atoms with E-state index in [1.165, 1.54) is 12.1 Å². The van der Waals surface area contributed by atoms with Crippen LogP contribution in [0.5, 0.6) is 0 Å². The summed E-state index contributed by atoms with van der Waals surface area (Å²) in [6.45, 7) is 5.49. The highest BCUT2D eigenvalue weighted by atomic mass is 16.4. The van der Waals surface area contributed by atoms with E-state index in [4.69, 9.17) is 5.11 Å². The van der Waals surface area contributed by atoms with Gasteiger partial charge in [0.2, 0.25) is 5.91 Å². The van der Waals surface area contributed by atoms with E-state index in [0.717, 1.165) is 5.56 Å². The number of amides is 2. The number of hydrogen-bond donors (Lipinski definition) is 3. The SMILES string of the molecule is Cc1ccccc1C(=O)N[C@H](C(=O)Nc1cccc(C(=O)O)c1)C(C)C. The fraction of sp³-hybridized carbons (Fsp3) is 0.250. The van der Waals surface area contributed by atoms with Crippen LogP contribution in [0.1, 0.15) is 40.1 Å². The van der Waals surface area contributed by atoms with E-state index in [9.17, 15) is 14.4 Å². The highest BCUT2D eigenvalue weighted by Gasteiger charge is 2.25. The Morgan fingerprint density at radius 2 is 1.69 bits per heavy atom. The Bertz CT molecular complexity index is 830. The van der Waals surface area contributed by atoms with Crippen molar-refractivity contribution in [1.29, 1.82) is 0 Å². The molecule has 0 aliphatic rings. The van der Waals surface area contributed by atoms with E-state index in [-0.39, 0.29) is 17.4 Å². The standard InChI is InChI=1S/C20H22N2O4/c1-12(2)17(22-18(23)16-10-5-4-7-13(16)3)19(24)21-15-9-6-8-14(11-15)20(25)26/h4-12,17H,1-3H3,(H,21,24)(H,22,23)(H,25,26)/t17-/m0/s1. The number of anilines is 1. The molecule has 3 N–H and O–H groups in total. The van der Waals surface area contributed by atoms with Crippen LogP contribution in [0.25, 0.3) is 0 Å². The smallest absolute Gasteiger partial charge is 0.335 e. The van der Waals surface area contributed by atoms with Crippen LogP contribution in [0.4, 0.5) is 5.69 Å². The Labute approximate surface area is 152 Å². The monoisotopic (exact) mass is 354 g/mol. The quantitative estimate of drug-likeness (QED) is 0.743. The minimum Gasteiger partial charge on any atom is -0.478 e. The fourth-order valence-electron chi connectivity index (χ4n) is 2.53. The van der Waals surface area contributed by atoms with Gasteiger partial charge in [0.05, 0.1) is 5.56 Å². The van der Waals surface area contributed by atoms with Gasteiger partial charge in [-0.05, 0) is 42.7 Å². The lowest BCUT2D eigenvalue weighted by molar-refractivity contribution is -0.118. The molecule has 0 aliphatic carbocycles. The summed E-state index contributed by atoms with van der Waals surface area (Å²) < 4.78 is 0. The van der Waals surface area contributed by atoms with Crippen molar-refractivity contribution in [2.75, 3.05) is 5.32 Å². The summed E-state index contributed by atoms with van der Waals surface area (Å²) in [5, 5.41) is 14.5. The molecule has 136 valence electrons.